The van der Waals surface area contributed by atoms with Crippen LogP contribution in [0, 0.1) is 0 Å². The van der Waals surface area contributed by atoms with Gasteiger partial charge < -0.3 is 4.90 Å². The van der Waals surface area contributed by atoms with Gasteiger partial charge in [0, 0.05) is 27.4 Å². The molecule has 1 N–H and O–H groups in total. The number of nitrogens with zero attached hydrogens (tertiary/aromatic N) is 5. The minimum atomic E-state index is -3.73. The number of hydrogen-bond donors (Lipinski definition) is 1. The molecule has 12 heteroatoms. The predicted molar refractivity (Wildman–Crippen MR) is 89.3 cm³/mol. The summed E-state index contributed by atoms with van der Waals surface area (Å²) in [6.07, 6.45) is 0.954. The van der Waals surface area contributed by atoms with E-state index >= 15 is 0 Å². The van der Waals surface area contributed by atoms with E-state index in [9.17, 15) is 18.0 Å². The molecule has 0 spiro atoms. The number of carbonyl (C=O) groups is 2. The summed E-state index contributed by atoms with van der Waals surface area (Å²) in [6, 6.07) is 2.39. The van der Waals surface area contributed by atoms with Crippen molar-refractivity contribution in [1.29, 1.82) is 0 Å². The van der Waals surface area contributed by atoms with Crippen LogP contribution in [0.2, 0.25) is 5.02 Å². The van der Waals surface area contributed by atoms with E-state index in [0.29, 0.717) is 0 Å². The van der Waals surface area contributed by atoms with Gasteiger partial charge in [0.15, 0.2) is 9.84 Å². The summed E-state index contributed by atoms with van der Waals surface area (Å²) < 4.78 is 25.1. The molecular formula is C13H15ClN6O4S. The molecule has 1 aromatic carbocycles. The van der Waals surface area contributed by atoms with Gasteiger partial charge in [-0.05, 0) is 22.6 Å². The van der Waals surface area contributed by atoms with Crippen LogP contribution in [0.4, 0.5) is 5.95 Å². The topological polar surface area (TPSA) is 127 Å². The number of aromatic nitrogens is 4. The molecule has 25 heavy (non-hydrogen) atoms. The number of tetrazole rings is 1. The SMILES string of the molecule is CN(C)C(=O)c1c(S(C)(=O)=O)ccc(C(=O)Nc2nnnn2C)c1Cl. The monoisotopic (exact) mass is 386 g/mol. The molecule has 2 amide bonds. The molecule has 1 aromatic heterocycles. The maximum Gasteiger partial charge on any atom is 0.259 e. The Morgan fingerprint density at radius 1 is 1.28 bits per heavy atom. The van der Waals surface area contributed by atoms with Gasteiger partial charge in [0.05, 0.1) is 21.0 Å². The summed E-state index contributed by atoms with van der Waals surface area (Å²) in [7, 11) is 0.679. The highest BCUT2D eigenvalue weighted by molar-refractivity contribution is 7.90. The van der Waals surface area contributed by atoms with E-state index < -0.39 is 21.7 Å². The number of sulfone groups is 1. The zero-order chi connectivity index (χ0) is 18.9. The summed E-state index contributed by atoms with van der Waals surface area (Å²) >= 11 is 6.20. The normalized spacial score (nSPS) is 11.2. The van der Waals surface area contributed by atoms with E-state index in [1.54, 1.807) is 0 Å². The average molecular weight is 387 g/mol. The van der Waals surface area contributed by atoms with E-state index in [1.807, 2.05) is 0 Å². The van der Waals surface area contributed by atoms with Crippen molar-refractivity contribution >= 4 is 39.2 Å². The maximum atomic E-state index is 12.4. The van der Waals surface area contributed by atoms with E-state index in [1.165, 1.54) is 42.9 Å². The molecule has 0 aliphatic heterocycles. The molecule has 0 saturated carbocycles. The Hall–Kier alpha value is -2.53. The standard InChI is InChI=1S/C13H15ClN6O4S/c1-19(2)12(22)9-8(25(4,23)24)6-5-7(10(9)14)11(21)15-13-16-17-18-20(13)3/h5-6H,1-4H3,(H,15,16,18,21). The highest BCUT2D eigenvalue weighted by Crippen LogP contribution is 2.29. The van der Waals surface area contributed by atoms with Crippen LogP contribution in [0.15, 0.2) is 17.0 Å². The highest BCUT2D eigenvalue weighted by Gasteiger charge is 2.27. The van der Waals surface area contributed by atoms with Crippen LogP contribution in [0.5, 0.6) is 0 Å². The van der Waals surface area contributed by atoms with Crippen molar-refractivity contribution in [1.82, 2.24) is 25.1 Å². The smallest absolute Gasteiger partial charge is 0.259 e. The molecule has 10 nitrogen and oxygen atoms in total. The third-order valence-electron chi connectivity index (χ3n) is 3.21. The van der Waals surface area contributed by atoms with Crippen molar-refractivity contribution in [2.24, 2.45) is 7.05 Å². The minimum Gasteiger partial charge on any atom is -0.345 e. The number of amides is 2. The molecule has 0 aliphatic carbocycles. The van der Waals surface area contributed by atoms with Gasteiger partial charge in [0.25, 0.3) is 11.8 Å². The first kappa shape index (κ1) is 18.8. The zero-order valence-corrected chi connectivity index (χ0v) is 15.4. The van der Waals surface area contributed by atoms with E-state index in [-0.39, 0.29) is 27.0 Å². The Morgan fingerprint density at radius 3 is 2.40 bits per heavy atom. The fourth-order valence-corrected chi connectivity index (χ4v) is 3.23. The number of benzene rings is 1. The largest absolute Gasteiger partial charge is 0.345 e. The number of halogens is 1. The first-order valence-corrected chi connectivity index (χ1v) is 9.09. The van der Waals surface area contributed by atoms with E-state index in [2.05, 4.69) is 20.8 Å². The molecule has 2 rings (SSSR count). The van der Waals surface area contributed by atoms with Crippen molar-refractivity contribution in [2.75, 3.05) is 25.7 Å². The number of rotatable bonds is 4. The third-order valence-corrected chi connectivity index (χ3v) is 4.75. The summed E-state index contributed by atoms with van der Waals surface area (Å²) in [4.78, 5) is 25.7. The number of aryl methyl sites for hydroxylation is 1. The van der Waals surface area contributed by atoms with Crippen LogP contribution in [-0.4, -0.2) is 65.7 Å². The summed E-state index contributed by atoms with van der Waals surface area (Å²) in [5.74, 6) is -1.26. The lowest BCUT2D eigenvalue weighted by molar-refractivity contribution is 0.0824. The Balaban J connectivity index is 2.58. The molecule has 1 heterocycles. The maximum absolute atomic E-state index is 12.4. The van der Waals surface area contributed by atoms with Gasteiger partial charge in [0.2, 0.25) is 5.95 Å². The lowest BCUT2D eigenvalue weighted by Gasteiger charge is -2.16. The van der Waals surface area contributed by atoms with Crippen LogP contribution in [0.25, 0.3) is 0 Å². The van der Waals surface area contributed by atoms with E-state index in [4.69, 9.17) is 11.6 Å². The van der Waals surface area contributed by atoms with Crippen LogP contribution in [-0.2, 0) is 16.9 Å². The number of nitrogens with one attached hydrogen (secondary N) is 1. The second kappa shape index (κ2) is 6.76. The van der Waals surface area contributed by atoms with Gasteiger partial charge in [-0.1, -0.05) is 16.7 Å². The first-order chi connectivity index (χ1) is 11.5. The van der Waals surface area contributed by atoms with Crippen LogP contribution in [0.3, 0.4) is 0 Å². The van der Waals surface area contributed by atoms with E-state index in [0.717, 1.165) is 6.26 Å². The lowest BCUT2D eigenvalue weighted by Crippen LogP contribution is -2.25. The molecule has 0 bridgehead atoms. The number of hydrogen-bond acceptors (Lipinski definition) is 7. The third kappa shape index (κ3) is 3.77. The van der Waals surface area contributed by atoms with Crippen molar-refractivity contribution in [3.63, 3.8) is 0 Å². The minimum absolute atomic E-state index is 0.0637. The molecule has 0 atom stereocenters. The molecular weight excluding hydrogens is 372 g/mol. The summed E-state index contributed by atoms with van der Waals surface area (Å²) in [5.41, 5.74) is -0.347. The van der Waals surface area contributed by atoms with Gasteiger partial charge in [0.1, 0.15) is 0 Å². The van der Waals surface area contributed by atoms with Crippen molar-refractivity contribution in [2.45, 2.75) is 4.90 Å². The Bertz CT molecular complexity index is 953. The zero-order valence-electron chi connectivity index (χ0n) is 13.8. The van der Waals surface area contributed by atoms with Crippen molar-refractivity contribution in [3.8, 4) is 0 Å². The summed E-state index contributed by atoms with van der Waals surface area (Å²) in [6.45, 7) is 0. The predicted octanol–water partition coefficient (Wildman–Crippen LogP) is 0.221. The highest BCUT2D eigenvalue weighted by atomic mass is 35.5. The fraction of sp³-hybridized carbons (Fsp3) is 0.308. The summed E-state index contributed by atoms with van der Waals surface area (Å²) in [5, 5.41) is 12.7. The molecule has 0 fully saturated rings. The number of carbonyl (C=O) groups excluding carboxylic acids is 2. The number of anilines is 1. The molecule has 0 unspecified atom stereocenters. The van der Waals surface area contributed by atoms with Gasteiger partial charge >= 0.3 is 0 Å². The molecule has 0 aliphatic rings. The average Bonchev–Trinajstić information content (AvgIpc) is 2.90. The Kier molecular flexibility index (Phi) is 5.09. The molecule has 0 saturated heterocycles. The quantitative estimate of drug-likeness (QED) is 0.796. The fourth-order valence-electron chi connectivity index (χ4n) is 1.97. The molecule has 2 aromatic rings. The van der Waals surface area contributed by atoms with Crippen LogP contribution < -0.4 is 5.32 Å². The van der Waals surface area contributed by atoms with Crippen LogP contribution in [0.1, 0.15) is 20.7 Å². The molecule has 0 radical (unpaired) electrons. The second-order valence-electron chi connectivity index (χ2n) is 5.35. The molecule has 134 valence electrons. The first-order valence-electron chi connectivity index (χ1n) is 6.82. The Labute approximate surface area is 148 Å². The van der Waals surface area contributed by atoms with Crippen LogP contribution >= 0.6 is 11.6 Å². The van der Waals surface area contributed by atoms with Gasteiger partial charge in [-0.25, -0.2) is 13.1 Å². The van der Waals surface area contributed by atoms with Crippen molar-refractivity contribution in [3.05, 3.63) is 28.3 Å². The van der Waals surface area contributed by atoms with Gasteiger partial charge in [-0.15, -0.1) is 0 Å². The van der Waals surface area contributed by atoms with Gasteiger partial charge in [-0.2, -0.15) is 0 Å². The second-order valence-corrected chi connectivity index (χ2v) is 7.71. The van der Waals surface area contributed by atoms with Gasteiger partial charge in [-0.3, -0.25) is 14.9 Å². The van der Waals surface area contributed by atoms with Crippen molar-refractivity contribution < 1.29 is 18.0 Å². The lowest BCUT2D eigenvalue weighted by atomic mass is 10.1. The Morgan fingerprint density at radius 2 is 1.92 bits per heavy atom.